The number of hydrogen-bond acceptors (Lipinski definition) is 2. The smallest absolute Gasteiger partial charge is 0.430 e. The molecule has 1 heterocycles. The van der Waals surface area contributed by atoms with E-state index in [2.05, 4.69) is 5.43 Å². The van der Waals surface area contributed by atoms with Gasteiger partial charge in [0.15, 0.2) is 0 Å². The van der Waals surface area contributed by atoms with Gasteiger partial charge in [0.1, 0.15) is 6.04 Å². The molecular formula is C20H22ClF3N2O2. The minimum Gasteiger partial charge on any atom is -0.430 e. The summed E-state index contributed by atoms with van der Waals surface area (Å²) in [4.78, 5) is 11.9. The molecule has 3 unspecified atom stereocenters. The molecule has 8 heteroatoms. The average molecular weight is 415 g/mol. The van der Waals surface area contributed by atoms with E-state index in [1.807, 2.05) is 0 Å². The van der Waals surface area contributed by atoms with Crippen LogP contribution in [0.3, 0.4) is 0 Å². The summed E-state index contributed by atoms with van der Waals surface area (Å²) in [6.07, 6.45) is -2.00. The topological polar surface area (TPSA) is 51.4 Å². The van der Waals surface area contributed by atoms with Crippen molar-refractivity contribution in [1.82, 2.24) is 0 Å². The number of rotatable bonds is 1. The van der Waals surface area contributed by atoms with Crippen LogP contribution >= 0.6 is 11.6 Å². The van der Waals surface area contributed by atoms with E-state index in [1.54, 1.807) is 30.3 Å². The van der Waals surface area contributed by atoms with Gasteiger partial charge < -0.3 is 15.1 Å². The number of hydrogen-bond donors (Lipinski definition) is 1. The van der Waals surface area contributed by atoms with E-state index < -0.39 is 38.7 Å². The second kappa shape index (κ2) is 5.31. The lowest BCUT2D eigenvalue weighted by atomic mass is 9.42. The number of benzene rings is 1. The molecular weight excluding hydrogens is 393 g/mol. The summed E-state index contributed by atoms with van der Waals surface area (Å²) >= 11 is 6.78. The highest BCUT2D eigenvalue weighted by atomic mass is 35.5. The van der Waals surface area contributed by atoms with Crippen molar-refractivity contribution in [3.63, 3.8) is 0 Å². The van der Waals surface area contributed by atoms with E-state index in [1.165, 1.54) is 7.05 Å². The van der Waals surface area contributed by atoms with Crippen LogP contribution in [-0.2, 0) is 4.79 Å². The molecule has 7 atom stereocenters. The maximum absolute atomic E-state index is 13.4. The third-order valence-corrected chi connectivity index (χ3v) is 7.99. The van der Waals surface area contributed by atoms with Crippen LogP contribution in [0.4, 0.5) is 13.2 Å². The molecule has 4 saturated carbocycles. The number of halogens is 4. The Morgan fingerprint density at radius 3 is 2.50 bits per heavy atom. The van der Waals surface area contributed by atoms with Crippen LogP contribution in [0.15, 0.2) is 30.3 Å². The van der Waals surface area contributed by atoms with Crippen molar-refractivity contribution in [2.45, 2.75) is 60.3 Å². The zero-order valence-electron chi connectivity index (χ0n) is 15.4. The molecule has 1 spiro atoms. The first-order valence-corrected chi connectivity index (χ1v) is 10.00. The standard InChI is InChI=1S/C20H22ClF3N2O2/c1-26(16(27)20(22,23)24)15(13-5-3-2-4-6-13)19(25-26)14-7-12-8-17(21,10-14)11-18(19,28)9-12/h2-6,12,14-15,28H,7-11H2,1H3/t12?,14?,15-,17+,18+,19+,26?/m0/s1. The Bertz CT molecular complexity index is 852. The molecule has 4 bridgehead atoms. The minimum absolute atomic E-state index is 0.131. The quantitative estimate of drug-likeness (QED) is 0.552. The van der Waals surface area contributed by atoms with Crippen molar-refractivity contribution < 1.29 is 27.7 Å². The number of alkyl halides is 4. The summed E-state index contributed by atoms with van der Waals surface area (Å²) in [5, 5.41) is 11.7. The fourth-order valence-corrected chi connectivity index (χ4v) is 7.67. The predicted molar refractivity (Wildman–Crippen MR) is 96.1 cm³/mol. The lowest BCUT2D eigenvalue weighted by Crippen LogP contribution is -2.85. The van der Waals surface area contributed by atoms with Gasteiger partial charge in [-0.1, -0.05) is 30.3 Å². The molecule has 1 N–H and O–H groups in total. The zero-order valence-corrected chi connectivity index (χ0v) is 16.2. The first-order chi connectivity index (χ1) is 12.9. The number of carbonyl (C=O) groups excluding carboxylic acids is 1. The first kappa shape index (κ1) is 18.9. The molecule has 1 aromatic carbocycles. The van der Waals surface area contributed by atoms with Gasteiger partial charge in [0, 0.05) is 16.0 Å². The van der Waals surface area contributed by atoms with Crippen molar-refractivity contribution >= 4 is 17.5 Å². The van der Waals surface area contributed by atoms with Crippen LogP contribution in [0.1, 0.15) is 43.7 Å². The molecule has 4 nitrogen and oxygen atoms in total. The van der Waals surface area contributed by atoms with Crippen molar-refractivity contribution in [3.05, 3.63) is 41.3 Å². The third kappa shape index (κ3) is 2.16. The number of nitrogens with zero attached hydrogens (tertiary/aromatic N) is 2. The van der Waals surface area contributed by atoms with Gasteiger partial charge in [-0.3, -0.25) is 0 Å². The maximum atomic E-state index is 13.4. The lowest BCUT2D eigenvalue weighted by molar-refractivity contribution is -0.894. The van der Waals surface area contributed by atoms with Crippen molar-refractivity contribution in [2.24, 2.45) is 11.8 Å². The molecule has 1 aromatic rings. The van der Waals surface area contributed by atoms with Crippen LogP contribution in [0.5, 0.6) is 0 Å². The summed E-state index contributed by atoms with van der Waals surface area (Å²) in [5.41, 5.74) is 2.67. The summed E-state index contributed by atoms with van der Waals surface area (Å²) in [6, 6.07) is 7.84. The Morgan fingerprint density at radius 1 is 1.25 bits per heavy atom. The van der Waals surface area contributed by atoms with Crippen molar-refractivity contribution in [1.29, 1.82) is 0 Å². The predicted octanol–water partition coefficient (Wildman–Crippen LogP) is 4.24. The van der Waals surface area contributed by atoms with E-state index in [-0.39, 0.29) is 11.8 Å². The highest BCUT2D eigenvalue weighted by Crippen LogP contribution is 2.75. The SMILES string of the molecule is C[N+]1(C(=O)C(F)(F)F)[N-][C@]2(C3CC4C[C@@](Cl)(C3)C[C@]2(O)C4)[C@@H]1c1ccccc1. The third-order valence-electron chi connectivity index (χ3n) is 7.55. The Balaban J connectivity index is 1.66. The van der Waals surface area contributed by atoms with Gasteiger partial charge in [-0.05, 0) is 43.9 Å². The lowest BCUT2D eigenvalue weighted by Gasteiger charge is -2.83. The number of aliphatic hydroxyl groups is 1. The number of amides is 1. The summed E-state index contributed by atoms with van der Waals surface area (Å²) in [7, 11) is 1.21. The summed E-state index contributed by atoms with van der Waals surface area (Å²) in [5.74, 6) is -1.77. The van der Waals surface area contributed by atoms with Crippen LogP contribution < -0.4 is 0 Å². The molecule has 28 heavy (non-hydrogen) atoms. The van der Waals surface area contributed by atoms with E-state index in [9.17, 15) is 23.1 Å². The summed E-state index contributed by atoms with van der Waals surface area (Å²) < 4.78 is 39.1. The molecule has 0 aromatic heterocycles. The Kier molecular flexibility index (Phi) is 3.57. The van der Waals surface area contributed by atoms with Crippen molar-refractivity contribution in [2.75, 3.05) is 7.05 Å². The van der Waals surface area contributed by atoms with Gasteiger partial charge in [-0.2, -0.15) is 13.2 Å². The van der Waals surface area contributed by atoms with Gasteiger partial charge in [0.2, 0.25) is 0 Å². The zero-order chi connectivity index (χ0) is 20.2. The van der Waals surface area contributed by atoms with Crippen LogP contribution in [0, 0.1) is 11.8 Å². The Morgan fingerprint density at radius 2 is 1.93 bits per heavy atom. The molecule has 1 aliphatic heterocycles. The van der Waals surface area contributed by atoms with E-state index in [0.717, 1.165) is 12.8 Å². The van der Waals surface area contributed by atoms with Crippen molar-refractivity contribution in [3.8, 4) is 0 Å². The number of carbonyl (C=O) groups is 1. The molecule has 5 aliphatic rings. The van der Waals surface area contributed by atoms with Crippen LogP contribution in [0.25, 0.3) is 5.43 Å². The molecule has 1 amide bonds. The largest absolute Gasteiger partial charge is 0.508 e. The first-order valence-electron chi connectivity index (χ1n) is 9.62. The molecule has 5 fully saturated rings. The molecule has 4 aliphatic carbocycles. The normalized spacial score (nSPS) is 49.3. The van der Waals surface area contributed by atoms with E-state index >= 15 is 0 Å². The second-order valence-corrected chi connectivity index (χ2v) is 10.1. The van der Waals surface area contributed by atoms with E-state index in [4.69, 9.17) is 11.6 Å². The monoisotopic (exact) mass is 414 g/mol. The minimum atomic E-state index is -5.00. The average Bonchev–Trinajstić information content (AvgIpc) is 2.55. The van der Waals surface area contributed by atoms with Gasteiger partial charge >= 0.3 is 12.1 Å². The maximum Gasteiger partial charge on any atom is 0.508 e. The molecule has 0 radical (unpaired) electrons. The molecule has 6 rings (SSSR count). The van der Waals surface area contributed by atoms with Gasteiger partial charge in [-0.15, -0.1) is 11.6 Å². The fraction of sp³-hybridized carbons (Fsp3) is 0.650. The molecule has 1 saturated heterocycles. The Hall–Kier alpha value is -1.15. The highest BCUT2D eigenvalue weighted by Gasteiger charge is 2.77. The Labute approximate surface area is 166 Å². The van der Waals surface area contributed by atoms with Gasteiger partial charge in [-0.25, -0.2) is 4.79 Å². The van der Waals surface area contributed by atoms with Gasteiger partial charge in [0.05, 0.1) is 12.6 Å². The molecule has 152 valence electrons. The van der Waals surface area contributed by atoms with Crippen LogP contribution in [0.2, 0.25) is 0 Å². The second-order valence-electron chi connectivity index (χ2n) is 9.34. The number of likely N-dealkylation sites (N-methyl/N-ethyl adjacent to an activating group) is 1. The summed E-state index contributed by atoms with van der Waals surface area (Å²) in [6.45, 7) is 0. The van der Waals surface area contributed by atoms with E-state index in [0.29, 0.717) is 24.8 Å². The van der Waals surface area contributed by atoms with Gasteiger partial charge in [0.25, 0.3) is 0 Å². The highest BCUT2D eigenvalue weighted by molar-refractivity contribution is 6.24. The number of quaternary nitrogens is 1. The van der Waals surface area contributed by atoms with Crippen LogP contribution in [-0.4, -0.2) is 44.8 Å². The fourth-order valence-electron chi connectivity index (χ4n) is 7.04.